The molecule has 0 spiro atoms. The van der Waals surface area contributed by atoms with Gasteiger partial charge in [0.2, 0.25) is 0 Å². The Morgan fingerprint density at radius 2 is 1.89 bits per heavy atom. The van der Waals surface area contributed by atoms with Crippen LogP contribution >= 0.6 is 11.8 Å². The van der Waals surface area contributed by atoms with E-state index >= 15 is 0 Å². The maximum Gasteiger partial charge on any atom is 0.0431 e. The summed E-state index contributed by atoms with van der Waals surface area (Å²) >= 11 is 1.94. The summed E-state index contributed by atoms with van der Waals surface area (Å²) in [7, 11) is 2.18. The molecule has 0 radical (unpaired) electrons. The van der Waals surface area contributed by atoms with Gasteiger partial charge in [0, 0.05) is 23.8 Å². The standard InChI is InChI=1S/C15H25NOS/c1-14-8-4-5-9-15(14)18-13-11-16(2)10-6-3-7-12-17/h4-5,8-9,17H,3,6-7,10-13H2,1-2H3. The molecule has 0 bridgehead atoms. The third kappa shape index (κ3) is 6.43. The highest BCUT2D eigenvalue weighted by molar-refractivity contribution is 7.99. The van der Waals surface area contributed by atoms with Crippen LogP contribution in [0.15, 0.2) is 29.2 Å². The summed E-state index contributed by atoms with van der Waals surface area (Å²) in [6.45, 7) is 4.75. The fraction of sp³-hybridized carbons (Fsp3) is 0.600. The van der Waals surface area contributed by atoms with Crippen LogP contribution in [-0.2, 0) is 0 Å². The fourth-order valence-corrected chi connectivity index (χ4v) is 2.91. The largest absolute Gasteiger partial charge is 0.396 e. The molecule has 1 aromatic rings. The van der Waals surface area contributed by atoms with Crippen molar-refractivity contribution in [3.8, 4) is 0 Å². The van der Waals surface area contributed by atoms with Gasteiger partial charge in [0.1, 0.15) is 0 Å². The third-order valence-corrected chi connectivity index (χ3v) is 4.18. The summed E-state index contributed by atoms with van der Waals surface area (Å²) < 4.78 is 0. The lowest BCUT2D eigenvalue weighted by molar-refractivity contribution is 0.275. The number of aryl methyl sites for hydroxylation is 1. The molecule has 0 amide bonds. The van der Waals surface area contributed by atoms with Gasteiger partial charge in [0.05, 0.1) is 0 Å². The summed E-state index contributed by atoms with van der Waals surface area (Å²) in [5, 5.41) is 8.71. The Balaban J connectivity index is 2.12. The van der Waals surface area contributed by atoms with Gasteiger partial charge in [-0.3, -0.25) is 0 Å². The van der Waals surface area contributed by atoms with E-state index in [4.69, 9.17) is 5.11 Å². The molecule has 2 nitrogen and oxygen atoms in total. The molecule has 0 unspecified atom stereocenters. The first-order chi connectivity index (χ1) is 8.74. The molecule has 1 N–H and O–H groups in total. The second-order valence-electron chi connectivity index (χ2n) is 4.70. The molecule has 0 aliphatic rings. The summed E-state index contributed by atoms with van der Waals surface area (Å²) in [5.41, 5.74) is 1.37. The molecule has 0 atom stereocenters. The van der Waals surface area contributed by atoms with Gasteiger partial charge >= 0.3 is 0 Å². The number of hydrogen-bond acceptors (Lipinski definition) is 3. The van der Waals surface area contributed by atoms with Crippen LogP contribution < -0.4 is 0 Å². The van der Waals surface area contributed by atoms with E-state index in [9.17, 15) is 0 Å². The first-order valence-electron chi connectivity index (χ1n) is 6.72. The van der Waals surface area contributed by atoms with Gasteiger partial charge in [-0.2, -0.15) is 0 Å². The van der Waals surface area contributed by atoms with Crippen molar-refractivity contribution in [1.29, 1.82) is 0 Å². The van der Waals surface area contributed by atoms with Gasteiger partial charge < -0.3 is 10.0 Å². The lowest BCUT2D eigenvalue weighted by Gasteiger charge is -2.16. The fourth-order valence-electron chi connectivity index (χ4n) is 1.81. The molecule has 0 saturated heterocycles. The van der Waals surface area contributed by atoms with Crippen molar-refractivity contribution in [2.24, 2.45) is 0 Å². The molecule has 0 aliphatic heterocycles. The van der Waals surface area contributed by atoms with E-state index in [1.54, 1.807) is 0 Å². The van der Waals surface area contributed by atoms with Crippen LogP contribution in [0.3, 0.4) is 0 Å². The molecular weight excluding hydrogens is 242 g/mol. The predicted octanol–water partition coefficient (Wildman–Crippen LogP) is 3.18. The van der Waals surface area contributed by atoms with Crippen molar-refractivity contribution in [2.45, 2.75) is 31.1 Å². The zero-order valence-corrected chi connectivity index (χ0v) is 12.4. The summed E-state index contributed by atoms with van der Waals surface area (Å²) in [6, 6.07) is 8.56. The van der Waals surface area contributed by atoms with Crippen LogP contribution in [0.5, 0.6) is 0 Å². The first-order valence-corrected chi connectivity index (χ1v) is 7.70. The Bertz CT molecular complexity index is 330. The Hall–Kier alpha value is -0.510. The lowest BCUT2D eigenvalue weighted by atomic mass is 10.2. The van der Waals surface area contributed by atoms with Crippen molar-refractivity contribution >= 4 is 11.8 Å². The molecule has 0 fully saturated rings. The minimum atomic E-state index is 0.326. The quantitative estimate of drug-likeness (QED) is 0.549. The number of benzene rings is 1. The van der Waals surface area contributed by atoms with E-state index < -0.39 is 0 Å². The molecule has 1 aromatic carbocycles. The maximum absolute atomic E-state index is 8.71. The molecule has 0 heterocycles. The lowest BCUT2D eigenvalue weighted by Crippen LogP contribution is -2.22. The van der Waals surface area contributed by atoms with Crippen molar-refractivity contribution in [3.05, 3.63) is 29.8 Å². The number of thioether (sulfide) groups is 1. The highest BCUT2D eigenvalue weighted by atomic mass is 32.2. The van der Waals surface area contributed by atoms with Crippen LogP contribution in [0.1, 0.15) is 24.8 Å². The molecule has 0 aromatic heterocycles. The van der Waals surface area contributed by atoms with Crippen molar-refractivity contribution < 1.29 is 5.11 Å². The average molecular weight is 267 g/mol. The average Bonchev–Trinajstić information content (AvgIpc) is 2.37. The molecular formula is C15H25NOS. The Morgan fingerprint density at radius 1 is 1.11 bits per heavy atom. The Labute approximate surface area is 115 Å². The molecule has 3 heteroatoms. The number of aliphatic hydroxyl groups excluding tert-OH is 1. The zero-order chi connectivity index (χ0) is 13.2. The minimum Gasteiger partial charge on any atom is -0.396 e. The van der Waals surface area contributed by atoms with Gasteiger partial charge in [0.15, 0.2) is 0 Å². The monoisotopic (exact) mass is 267 g/mol. The van der Waals surface area contributed by atoms with Crippen LogP contribution in [0.2, 0.25) is 0 Å². The van der Waals surface area contributed by atoms with E-state index in [2.05, 4.69) is 43.1 Å². The molecule has 102 valence electrons. The van der Waals surface area contributed by atoms with Crippen LogP contribution in [0, 0.1) is 6.92 Å². The van der Waals surface area contributed by atoms with Crippen molar-refractivity contribution in [2.75, 3.05) is 32.5 Å². The Morgan fingerprint density at radius 3 is 2.61 bits per heavy atom. The van der Waals surface area contributed by atoms with Gasteiger partial charge in [-0.1, -0.05) is 18.2 Å². The van der Waals surface area contributed by atoms with E-state index in [0.717, 1.165) is 31.7 Å². The summed E-state index contributed by atoms with van der Waals surface area (Å²) in [5.74, 6) is 1.14. The van der Waals surface area contributed by atoms with Gasteiger partial charge in [-0.25, -0.2) is 0 Å². The normalized spacial score (nSPS) is 11.1. The highest BCUT2D eigenvalue weighted by Crippen LogP contribution is 2.21. The Kier molecular flexibility index (Phi) is 8.14. The van der Waals surface area contributed by atoms with E-state index in [-0.39, 0.29) is 0 Å². The summed E-state index contributed by atoms with van der Waals surface area (Å²) in [6.07, 6.45) is 3.25. The molecule has 0 saturated carbocycles. The number of aliphatic hydroxyl groups is 1. The van der Waals surface area contributed by atoms with Crippen molar-refractivity contribution in [3.63, 3.8) is 0 Å². The SMILES string of the molecule is Cc1ccccc1SCCN(C)CCCCCO. The highest BCUT2D eigenvalue weighted by Gasteiger charge is 2.01. The van der Waals surface area contributed by atoms with Gasteiger partial charge in [-0.05, 0) is 51.4 Å². The topological polar surface area (TPSA) is 23.5 Å². The van der Waals surface area contributed by atoms with E-state index in [0.29, 0.717) is 6.61 Å². The third-order valence-electron chi connectivity index (χ3n) is 3.02. The summed E-state index contributed by atoms with van der Waals surface area (Å²) in [4.78, 5) is 3.77. The maximum atomic E-state index is 8.71. The predicted molar refractivity (Wildman–Crippen MR) is 80.3 cm³/mol. The van der Waals surface area contributed by atoms with E-state index in [1.807, 2.05) is 11.8 Å². The zero-order valence-electron chi connectivity index (χ0n) is 11.6. The number of nitrogens with zero attached hydrogens (tertiary/aromatic N) is 1. The minimum absolute atomic E-state index is 0.326. The number of unbranched alkanes of at least 4 members (excludes halogenated alkanes) is 2. The number of rotatable bonds is 9. The van der Waals surface area contributed by atoms with Gasteiger partial charge in [-0.15, -0.1) is 11.8 Å². The molecule has 1 rings (SSSR count). The van der Waals surface area contributed by atoms with E-state index in [1.165, 1.54) is 16.9 Å². The van der Waals surface area contributed by atoms with Gasteiger partial charge in [0.25, 0.3) is 0 Å². The van der Waals surface area contributed by atoms with Crippen LogP contribution in [-0.4, -0.2) is 42.5 Å². The van der Waals surface area contributed by atoms with Crippen molar-refractivity contribution in [1.82, 2.24) is 4.90 Å². The molecule has 18 heavy (non-hydrogen) atoms. The molecule has 0 aliphatic carbocycles. The number of hydrogen-bond donors (Lipinski definition) is 1. The van der Waals surface area contributed by atoms with Crippen LogP contribution in [0.25, 0.3) is 0 Å². The van der Waals surface area contributed by atoms with Crippen LogP contribution in [0.4, 0.5) is 0 Å². The first kappa shape index (κ1) is 15.5. The second-order valence-corrected chi connectivity index (χ2v) is 5.84. The smallest absolute Gasteiger partial charge is 0.0431 e. The second kappa shape index (κ2) is 9.42.